The number of unbranched alkanes of at least 4 members (excludes halogenated alkanes) is 2. The molecule has 2 saturated carbocycles. The van der Waals surface area contributed by atoms with Crippen molar-refractivity contribution in [1.82, 2.24) is 4.72 Å². The number of benzene rings is 1. The van der Waals surface area contributed by atoms with E-state index in [4.69, 9.17) is 5.11 Å². The Bertz CT molecular complexity index is 744. The Morgan fingerprint density at radius 2 is 1.88 bits per heavy atom. The number of allylic oxidation sites excluding steroid dienone is 1. The van der Waals surface area contributed by atoms with Crippen molar-refractivity contribution in [3.05, 3.63) is 42.5 Å². The average Bonchev–Trinajstić information content (AvgIpc) is 3.20. The van der Waals surface area contributed by atoms with Crippen LogP contribution in [0.2, 0.25) is 0 Å². The third kappa shape index (κ3) is 4.54. The lowest BCUT2D eigenvalue weighted by molar-refractivity contribution is -0.131. The molecule has 5 nitrogen and oxygen atoms in total. The largest absolute Gasteiger partial charge is 0.478 e. The van der Waals surface area contributed by atoms with Crippen LogP contribution in [-0.4, -0.2) is 25.5 Å². The van der Waals surface area contributed by atoms with Crippen molar-refractivity contribution in [3.8, 4) is 0 Å². The number of aliphatic carboxylic acids is 1. The Morgan fingerprint density at radius 1 is 1.15 bits per heavy atom. The quantitative estimate of drug-likeness (QED) is 0.509. The van der Waals surface area contributed by atoms with E-state index < -0.39 is 16.0 Å². The second-order valence-electron chi connectivity index (χ2n) is 7.48. The zero-order chi connectivity index (χ0) is 18.6. The number of fused-ring (bicyclic) bond motifs is 2. The maximum atomic E-state index is 12.7. The van der Waals surface area contributed by atoms with Gasteiger partial charge in [0.25, 0.3) is 0 Å². The maximum Gasteiger partial charge on any atom is 0.327 e. The Kier molecular flexibility index (Phi) is 6.14. The predicted molar refractivity (Wildman–Crippen MR) is 100 cm³/mol. The number of carbonyl (C=O) groups is 1. The van der Waals surface area contributed by atoms with Crippen LogP contribution in [0.5, 0.6) is 0 Å². The van der Waals surface area contributed by atoms with Gasteiger partial charge in [0.05, 0.1) is 4.90 Å². The van der Waals surface area contributed by atoms with Crippen molar-refractivity contribution in [3.63, 3.8) is 0 Å². The first-order valence-corrected chi connectivity index (χ1v) is 10.9. The second-order valence-corrected chi connectivity index (χ2v) is 9.20. The summed E-state index contributed by atoms with van der Waals surface area (Å²) in [4.78, 5) is 10.8. The summed E-state index contributed by atoms with van der Waals surface area (Å²) < 4.78 is 28.4. The molecule has 2 aliphatic rings. The summed E-state index contributed by atoms with van der Waals surface area (Å²) in [6, 6.07) is 8.62. The fraction of sp³-hybridized carbons (Fsp3) is 0.550. The number of hydrogen-bond donors (Lipinski definition) is 2. The van der Waals surface area contributed by atoms with Crippen molar-refractivity contribution < 1.29 is 18.3 Å². The zero-order valence-electron chi connectivity index (χ0n) is 14.9. The molecule has 2 N–H and O–H groups in total. The van der Waals surface area contributed by atoms with E-state index in [1.54, 1.807) is 30.3 Å². The van der Waals surface area contributed by atoms with Gasteiger partial charge in [0.15, 0.2) is 0 Å². The van der Waals surface area contributed by atoms with Crippen LogP contribution in [0.25, 0.3) is 0 Å². The van der Waals surface area contributed by atoms with E-state index in [1.807, 2.05) is 6.07 Å². The maximum absolute atomic E-state index is 12.7. The van der Waals surface area contributed by atoms with Crippen LogP contribution in [0.3, 0.4) is 0 Å². The van der Waals surface area contributed by atoms with Gasteiger partial charge in [0.1, 0.15) is 0 Å². The fourth-order valence-electron chi connectivity index (χ4n) is 4.68. The van der Waals surface area contributed by atoms with Gasteiger partial charge in [-0.25, -0.2) is 17.9 Å². The van der Waals surface area contributed by atoms with E-state index in [0.717, 1.165) is 38.5 Å². The number of sulfonamides is 1. The molecule has 1 aromatic carbocycles. The van der Waals surface area contributed by atoms with Gasteiger partial charge in [-0.1, -0.05) is 30.7 Å². The third-order valence-corrected chi connectivity index (χ3v) is 7.33. The van der Waals surface area contributed by atoms with Gasteiger partial charge in [-0.2, -0.15) is 0 Å². The SMILES string of the molecule is O=C(O)/C=C\CCCCC1C2CCC(C2)C1NS(=O)(=O)c1ccccc1. The van der Waals surface area contributed by atoms with Crippen LogP contribution in [0, 0.1) is 17.8 Å². The molecule has 0 spiro atoms. The third-order valence-electron chi connectivity index (χ3n) is 5.85. The van der Waals surface area contributed by atoms with Gasteiger partial charge in [-0.15, -0.1) is 0 Å². The first kappa shape index (κ1) is 19.1. The van der Waals surface area contributed by atoms with Gasteiger partial charge in [0.2, 0.25) is 10.0 Å². The zero-order valence-corrected chi connectivity index (χ0v) is 15.7. The summed E-state index contributed by atoms with van der Waals surface area (Å²) >= 11 is 0. The van der Waals surface area contributed by atoms with E-state index in [2.05, 4.69) is 4.72 Å². The van der Waals surface area contributed by atoms with Crippen molar-refractivity contribution in [2.45, 2.75) is 55.9 Å². The monoisotopic (exact) mass is 377 g/mol. The molecule has 0 saturated heterocycles. The van der Waals surface area contributed by atoms with Crippen LogP contribution >= 0.6 is 0 Å². The van der Waals surface area contributed by atoms with E-state index in [1.165, 1.54) is 12.5 Å². The van der Waals surface area contributed by atoms with E-state index in [9.17, 15) is 13.2 Å². The standard InChI is InChI=1S/C20H27NO4S/c22-19(23)11-7-2-1-6-10-18-15-12-13-16(14-15)20(18)21-26(24,25)17-8-4-3-5-9-17/h3-5,7-9,11,15-16,18,20-21H,1-2,6,10,12-14H2,(H,22,23)/b11-7-. The molecular weight excluding hydrogens is 350 g/mol. The minimum absolute atomic E-state index is 0.0357. The first-order valence-electron chi connectivity index (χ1n) is 9.44. The smallest absolute Gasteiger partial charge is 0.327 e. The van der Waals surface area contributed by atoms with E-state index in [-0.39, 0.29) is 6.04 Å². The molecule has 4 atom stereocenters. The number of carboxylic acid groups (broad SMARTS) is 1. The first-order chi connectivity index (χ1) is 12.5. The summed E-state index contributed by atoms with van der Waals surface area (Å²) in [6.07, 6.45) is 10.0. The minimum atomic E-state index is -3.47. The summed E-state index contributed by atoms with van der Waals surface area (Å²) in [6.45, 7) is 0. The number of carboxylic acids is 1. The van der Waals surface area contributed by atoms with Gasteiger partial charge in [-0.05, 0) is 68.4 Å². The molecule has 0 radical (unpaired) electrons. The molecule has 0 heterocycles. The highest BCUT2D eigenvalue weighted by molar-refractivity contribution is 7.89. The summed E-state index contributed by atoms with van der Waals surface area (Å²) in [5.74, 6) is 0.567. The van der Waals surface area contributed by atoms with E-state index >= 15 is 0 Å². The summed E-state index contributed by atoms with van der Waals surface area (Å²) in [7, 11) is -3.47. The molecule has 1 aromatic rings. The molecule has 3 rings (SSSR count). The van der Waals surface area contributed by atoms with Crippen molar-refractivity contribution in [2.24, 2.45) is 17.8 Å². The highest BCUT2D eigenvalue weighted by atomic mass is 32.2. The predicted octanol–water partition coefficient (Wildman–Crippen LogP) is 3.58. The van der Waals surface area contributed by atoms with Crippen LogP contribution in [0.1, 0.15) is 44.9 Å². The molecule has 0 amide bonds. The highest BCUT2D eigenvalue weighted by Gasteiger charge is 2.48. The number of rotatable bonds is 9. The Morgan fingerprint density at radius 3 is 2.62 bits per heavy atom. The fourth-order valence-corrected chi connectivity index (χ4v) is 6.06. The second kappa shape index (κ2) is 8.35. The molecule has 2 aliphatic carbocycles. The van der Waals surface area contributed by atoms with Crippen LogP contribution in [0.4, 0.5) is 0 Å². The molecule has 26 heavy (non-hydrogen) atoms. The molecule has 142 valence electrons. The van der Waals surface area contributed by atoms with Crippen LogP contribution in [-0.2, 0) is 14.8 Å². The highest BCUT2D eigenvalue weighted by Crippen LogP contribution is 2.50. The lowest BCUT2D eigenvalue weighted by Gasteiger charge is -2.31. The molecule has 2 bridgehead atoms. The molecule has 0 aromatic heterocycles. The number of hydrogen-bond acceptors (Lipinski definition) is 3. The Labute approximate surface area is 155 Å². The van der Waals surface area contributed by atoms with Gasteiger partial charge in [-0.3, -0.25) is 0 Å². The summed E-state index contributed by atoms with van der Waals surface area (Å²) in [5.41, 5.74) is 0. The van der Waals surface area contributed by atoms with E-state index in [0.29, 0.717) is 22.6 Å². The Balaban J connectivity index is 1.58. The Hall–Kier alpha value is -1.66. The summed E-state index contributed by atoms with van der Waals surface area (Å²) in [5, 5.41) is 8.60. The van der Waals surface area contributed by atoms with Crippen molar-refractivity contribution in [1.29, 1.82) is 0 Å². The average molecular weight is 378 g/mol. The van der Waals surface area contributed by atoms with Crippen molar-refractivity contribution >= 4 is 16.0 Å². The molecule has 6 heteroatoms. The van der Waals surface area contributed by atoms with Gasteiger partial charge in [0, 0.05) is 12.1 Å². The molecule has 2 fully saturated rings. The van der Waals surface area contributed by atoms with Gasteiger partial charge < -0.3 is 5.11 Å². The van der Waals surface area contributed by atoms with Crippen LogP contribution < -0.4 is 4.72 Å². The minimum Gasteiger partial charge on any atom is -0.478 e. The number of nitrogens with one attached hydrogen (secondary N) is 1. The lowest BCUT2D eigenvalue weighted by atomic mass is 9.81. The topological polar surface area (TPSA) is 83.5 Å². The molecule has 0 aliphatic heterocycles. The van der Waals surface area contributed by atoms with Crippen molar-refractivity contribution in [2.75, 3.05) is 0 Å². The van der Waals surface area contributed by atoms with Crippen LogP contribution in [0.15, 0.2) is 47.4 Å². The normalized spacial score (nSPS) is 28.0. The molecular formula is C20H27NO4S. The molecule has 4 unspecified atom stereocenters. The lowest BCUT2D eigenvalue weighted by Crippen LogP contribution is -2.43. The van der Waals surface area contributed by atoms with Gasteiger partial charge >= 0.3 is 5.97 Å².